The number of likely N-dealkylation sites (tertiary alicyclic amines) is 1. The van der Waals surface area contributed by atoms with E-state index in [1.54, 1.807) is 0 Å². The molecule has 0 aromatic heterocycles. The smallest absolute Gasteiger partial charge is 0.237 e. The standard InChI is InChI=1S/C12H24N4O2/c1-9(8-16-5-3-2-4-6-16)15-12(18)10(13)7-11(14)17/h9-10H,2-8,13H2,1H3,(H2,14,17)(H,15,18). The average molecular weight is 256 g/mol. The monoisotopic (exact) mass is 256 g/mol. The number of carbonyl (C=O) groups excluding carboxylic acids is 2. The Hall–Kier alpha value is -1.14. The van der Waals surface area contributed by atoms with Gasteiger partial charge in [0.1, 0.15) is 0 Å². The van der Waals surface area contributed by atoms with Crippen molar-refractivity contribution < 1.29 is 9.59 Å². The molecule has 0 spiro atoms. The number of carbonyl (C=O) groups is 2. The minimum absolute atomic E-state index is 0.0366. The molecule has 1 aliphatic rings. The van der Waals surface area contributed by atoms with Gasteiger partial charge in [-0.15, -0.1) is 0 Å². The summed E-state index contributed by atoms with van der Waals surface area (Å²) in [7, 11) is 0. The van der Waals surface area contributed by atoms with E-state index in [-0.39, 0.29) is 18.4 Å². The van der Waals surface area contributed by atoms with Gasteiger partial charge in [-0.25, -0.2) is 0 Å². The number of hydrogen-bond donors (Lipinski definition) is 3. The first-order chi connectivity index (χ1) is 8.49. The van der Waals surface area contributed by atoms with Gasteiger partial charge in [0.25, 0.3) is 0 Å². The normalized spacial score (nSPS) is 20.1. The third-order valence-corrected chi connectivity index (χ3v) is 3.13. The highest BCUT2D eigenvalue weighted by molar-refractivity contribution is 5.87. The van der Waals surface area contributed by atoms with Crippen LogP contribution in [0.5, 0.6) is 0 Å². The Morgan fingerprint density at radius 2 is 1.89 bits per heavy atom. The Bertz CT molecular complexity index is 290. The molecule has 6 nitrogen and oxygen atoms in total. The molecule has 104 valence electrons. The number of primary amides is 1. The molecule has 0 saturated carbocycles. The maximum Gasteiger partial charge on any atom is 0.237 e. The van der Waals surface area contributed by atoms with Crippen LogP contribution in [0.2, 0.25) is 0 Å². The van der Waals surface area contributed by atoms with Crippen molar-refractivity contribution in [2.24, 2.45) is 11.5 Å². The lowest BCUT2D eigenvalue weighted by atomic mass is 10.1. The lowest BCUT2D eigenvalue weighted by molar-refractivity contribution is -0.126. The van der Waals surface area contributed by atoms with Crippen LogP contribution in [0.4, 0.5) is 0 Å². The molecule has 0 aromatic carbocycles. The van der Waals surface area contributed by atoms with E-state index in [1.165, 1.54) is 19.3 Å². The summed E-state index contributed by atoms with van der Waals surface area (Å²) in [5.74, 6) is -0.861. The van der Waals surface area contributed by atoms with Gasteiger partial charge in [-0.2, -0.15) is 0 Å². The quantitative estimate of drug-likeness (QED) is 0.578. The van der Waals surface area contributed by atoms with Crippen LogP contribution >= 0.6 is 0 Å². The third kappa shape index (κ3) is 5.46. The molecule has 0 radical (unpaired) electrons. The molecule has 0 bridgehead atoms. The number of nitrogens with zero attached hydrogens (tertiary/aromatic N) is 1. The molecule has 2 unspecified atom stereocenters. The van der Waals surface area contributed by atoms with E-state index in [2.05, 4.69) is 10.2 Å². The van der Waals surface area contributed by atoms with Gasteiger partial charge in [0.05, 0.1) is 12.5 Å². The van der Waals surface area contributed by atoms with Gasteiger partial charge >= 0.3 is 0 Å². The number of nitrogens with one attached hydrogen (secondary N) is 1. The minimum Gasteiger partial charge on any atom is -0.370 e. The predicted octanol–water partition coefficient (Wildman–Crippen LogP) is -0.820. The highest BCUT2D eigenvalue weighted by Crippen LogP contribution is 2.08. The van der Waals surface area contributed by atoms with Gasteiger partial charge in [0, 0.05) is 12.6 Å². The van der Waals surface area contributed by atoms with Crippen LogP contribution in [0.3, 0.4) is 0 Å². The second-order valence-electron chi connectivity index (χ2n) is 5.05. The van der Waals surface area contributed by atoms with Gasteiger partial charge in [-0.3, -0.25) is 9.59 Å². The molecule has 1 heterocycles. The number of piperidine rings is 1. The molecule has 6 heteroatoms. The van der Waals surface area contributed by atoms with Gasteiger partial charge in [0.2, 0.25) is 11.8 Å². The summed E-state index contributed by atoms with van der Waals surface area (Å²) in [5, 5.41) is 2.82. The molecule has 1 aliphatic heterocycles. The molecule has 2 amide bonds. The molecule has 18 heavy (non-hydrogen) atoms. The van der Waals surface area contributed by atoms with Gasteiger partial charge in [-0.05, 0) is 32.9 Å². The van der Waals surface area contributed by atoms with E-state index in [4.69, 9.17) is 11.5 Å². The first kappa shape index (κ1) is 14.9. The predicted molar refractivity (Wildman–Crippen MR) is 69.7 cm³/mol. The lowest BCUT2D eigenvalue weighted by Crippen LogP contribution is -2.49. The van der Waals surface area contributed by atoms with Crippen LogP contribution in [0.25, 0.3) is 0 Å². The average Bonchev–Trinajstić information content (AvgIpc) is 2.29. The fraction of sp³-hybridized carbons (Fsp3) is 0.833. The van der Waals surface area contributed by atoms with Crippen LogP contribution in [0, 0.1) is 0 Å². The Kier molecular flexibility index (Phi) is 6.07. The number of hydrogen-bond acceptors (Lipinski definition) is 4. The van der Waals surface area contributed by atoms with Crippen LogP contribution in [-0.4, -0.2) is 48.4 Å². The maximum absolute atomic E-state index is 11.7. The summed E-state index contributed by atoms with van der Waals surface area (Å²) >= 11 is 0. The van der Waals surface area contributed by atoms with Gasteiger partial charge < -0.3 is 21.7 Å². The Morgan fingerprint density at radius 3 is 2.44 bits per heavy atom. The molecule has 0 aliphatic carbocycles. The molecular weight excluding hydrogens is 232 g/mol. The topological polar surface area (TPSA) is 101 Å². The zero-order valence-corrected chi connectivity index (χ0v) is 11.0. The lowest BCUT2D eigenvalue weighted by Gasteiger charge is -2.29. The van der Waals surface area contributed by atoms with E-state index in [9.17, 15) is 9.59 Å². The van der Waals surface area contributed by atoms with Crippen molar-refractivity contribution in [2.75, 3.05) is 19.6 Å². The van der Waals surface area contributed by atoms with Gasteiger partial charge in [-0.1, -0.05) is 6.42 Å². The second kappa shape index (κ2) is 7.33. The van der Waals surface area contributed by atoms with Crippen LogP contribution in [-0.2, 0) is 9.59 Å². The maximum atomic E-state index is 11.7. The van der Waals surface area contributed by atoms with E-state index < -0.39 is 11.9 Å². The van der Waals surface area contributed by atoms with Crippen molar-refractivity contribution >= 4 is 11.8 Å². The minimum atomic E-state index is -0.841. The van der Waals surface area contributed by atoms with E-state index in [0.717, 1.165) is 19.6 Å². The molecule has 1 saturated heterocycles. The number of amides is 2. The van der Waals surface area contributed by atoms with Crippen molar-refractivity contribution in [1.29, 1.82) is 0 Å². The summed E-state index contributed by atoms with van der Waals surface area (Å²) in [6.07, 6.45) is 3.63. The molecule has 1 fully saturated rings. The van der Waals surface area contributed by atoms with Crippen molar-refractivity contribution in [2.45, 2.75) is 44.7 Å². The first-order valence-electron chi connectivity index (χ1n) is 6.55. The van der Waals surface area contributed by atoms with E-state index in [1.807, 2.05) is 6.92 Å². The van der Waals surface area contributed by atoms with E-state index >= 15 is 0 Å². The highest BCUT2D eigenvalue weighted by Gasteiger charge is 2.19. The summed E-state index contributed by atoms with van der Waals surface area (Å²) in [5.41, 5.74) is 10.6. The summed E-state index contributed by atoms with van der Waals surface area (Å²) in [4.78, 5) is 24.7. The van der Waals surface area contributed by atoms with E-state index in [0.29, 0.717) is 0 Å². The number of rotatable bonds is 6. The Labute approximate surface area is 108 Å². The zero-order valence-electron chi connectivity index (χ0n) is 11.0. The van der Waals surface area contributed by atoms with Crippen LogP contribution in [0.15, 0.2) is 0 Å². The first-order valence-corrected chi connectivity index (χ1v) is 6.55. The summed E-state index contributed by atoms with van der Waals surface area (Å²) < 4.78 is 0. The van der Waals surface area contributed by atoms with Crippen molar-refractivity contribution in [1.82, 2.24) is 10.2 Å². The summed E-state index contributed by atoms with van der Waals surface area (Å²) in [6, 6.07) is -0.805. The Morgan fingerprint density at radius 1 is 1.28 bits per heavy atom. The number of nitrogens with two attached hydrogens (primary N) is 2. The Balaban J connectivity index is 2.27. The second-order valence-corrected chi connectivity index (χ2v) is 5.05. The van der Waals surface area contributed by atoms with Crippen molar-refractivity contribution in [3.63, 3.8) is 0 Å². The molecular formula is C12H24N4O2. The van der Waals surface area contributed by atoms with Crippen LogP contribution in [0.1, 0.15) is 32.6 Å². The molecule has 5 N–H and O–H groups in total. The van der Waals surface area contributed by atoms with Crippen LogP contribution < -0.4 is 16.8 Å². The fourth-order valence-electron chi connectivity index (χ4n) is 2.23. The SMILES string of the molecule is CC(CN1CCCCC1)NC(=O)C(N)CC(N)=O. The molecule has 2 atom stereocenters. The van der Waals surface area contributed by atoms with Gasteiger partial charge in [0.15, 0.2) is 0 Å². The van der Waals surface area contributed by atoms with Crippen molar-refractivity contribution in [3.8, 4) is 0 Å². The highest BCUT2D eigenvalue weighted by atomic mass is 16.2. The zero-order chi connectivity index (χ0) is 13.5. The molecule has 0 aromatic rings. The fourth-order valence-corrected chi connectivity index (χ4v) is 2.23. The molecule has 1 rings (SSSR count). The third-order valence-electron chi connectivity index (χ3n) is 3.13. The largest absolute Gasteiger partial charge is 0.370 e. The summed E-state index contributed by atoms with van der Waals surface area (Å²) in [6.45, 7) is 4.96. The van der Waals surface area contributed by atoms with Crippen molar-refractivity contribution in [3.05, 3.63) is 0 Å².